The van der Waals surface area contributed by atoms with Gasteiger partial charge in [-0.2, -0.15) is 0 Å². The van der Waals surface area contributed by atoms with Crippen molar-refractivity contribution >= 4 is 5.97 Å². The summed E-state index contributed by atoms with van der Waals surface area (Å²) < 4.78 is 6.10. The van der Waals surface area contributed by atoms with E-state index in [9.17, 15) is 4.79 Å². The van der Waals surface area contributed by atoms with Crippen LogP contribution < -0.4 is 0 Å². The molecule has 29 heavy (non-hydrogen) atoms. The third-order valence-corrected chi connectivity index (χ3v) is 7.37. The summed E-state index contributed by atoms with van der Waals surface area (Å²) in [5, 5.41) is 0. The molecule has 3 atom stereocenters. The average molecular weight is 405 g/mol. The summed E-state index contributed by atoms with van der Waals surface area (Å²) in [6, 6.07) is 0. The second-order valence-electron chi connectivity index (χ2n) is 10.9. The Hall–Kier alpha value is -1.31. The SMILES string of the molecule is C=C(C)C(=O)O[C@]1(C#CC(C)(C)OOC(C)(C)CCC)C[C@@H]2CC[C@]1(C)C2(C)C. The molecule has 2 fully saturated rings. The maximum Gasteiger partial charge on any atom is 0.334 e. The molecule has 0 aliphatic heterocycles. The summed E-state index contributed by atoms with van der Waals surface area (Å²) in [4.78, 5) is 24.0. The van der Waals surface area contributed by atoms with Crippen molar-refractivity contribution in [1.29, 1.82) is 0 Å². The zero-order valence-corrected chi connectivity index (χ0v) is 20.0. The summed E-state index contributed by atoms with van der Waals surface area (Å²) in [5.74, 6) is 6.73. The number of esters is 1. The molecule has 2 aliphatic carbocycles. The van der Waals surface area contributed by atoms with Crippen LogP contribution in [0.5, 0.6) is 0 Å². The predicted octanol–water partition coefficient (Wildman–Crippen LogP) is 6.00. The molecular weight excluding hydrogens is 364 g/mol. The molecule has 0 saturated heterocycles. The quantitative estimate of drug-likeness (QED) is 0.172. The summed E-state index contributed by atoms with van der Waals surface area (Å²) in [6.07, 6.45) is 4.79. The van der Waals surface area contributed by atoms with Crippen molar-refractivity contribution in [3.63, 3.8) is 0 Å². The summed E-state index contributed by atoms with van der Waals surface area (Å²) >= 11 is 0. The molecule has 0 aromatic heterocycles. The Bertz CT molecular complexity index is 721. The Morgan fingerprint density at radius 3 is 2.24 bits per heavy atom. The minimum atomic E-state index is -0.838. The van der Waals surface area contributed by atoms with Crippen LogP contribution in [0.1, 0.15) is 94.4 Å². The van der Waals surface area contributed by atoms with E-state index in [1.54, 1.807) is 6.92 Å². The molecule has 2 aliphatic rings. The molecule has 0 unspecified atom stereocenters. The summed E-state index contributed by atoms with van der Waals surface area (Å²) in [5.41, 5.74) is -1.82. The molecule has 4 nitrogen and oxygen atoms in total. The van der Waals surface area contributed by atoms with Crippen LogP contribution in [0.4, 0.5) is 0 Å². The van der Waals surface area contributed by atoms with Crippen molar-refractivity contribution < 1.29 is 19.3 Å². The fourth-order valence-electron chi connectivity index (χ4n) is 5.00. The lowest BCUT2D eigenvalue weighted by molar-refractivity contribution is -0.389. The highest BCUT2D eigenvalue weighted by atomic mass is 17.2. The fourth-order valence-corrected chi connectivity index (χ4v) is 5.00. The Morgan fingerprint density at radius 2 is 1.79 bits per heavy atom. The Labute approximate surface area is 177 Å². The van der Waals surface area contributed by atoms with Gasteiger partial charge in [0.2, 0.25) is 0 Å². The lowest BCUT2D eigenvalue weighted by Crippen LogP contribution is -2.50. The molecule has 2 rings (SSSR count). The molecule has 0 heterocycles. The van der Waals surface area contributed by atoms with E-state index in [-0.39, 0.29) is 22.4 Å². The van der Waals surface area contributed by atoms with E-state index in [1.807, 2.05) is 27.7 Å². The van der Waals surface area contributed by atoms with E-state index in [0.717, 1.165) is 32.1 Å². The van der Waals surface area contributed by atoms with Crippen molar-refractivity contribution in [2.75, 3.05) is 0 Å². The molecule has 0 spiro atoms. The van der Waals surface area contributed by atoms with Crippen molar-refractivity contribution in [2.24, 2.45) is 16.7 Å². The van der Waals surface area contributed by atoms with E-state index in [1.165, 1.54) is 0 Å². The van der Waals surface area contributed by atoms with E-state index in [4.69, 9.17) is 14.5 Å². The predicted molar refractivity (Wildman–Crippen MR) is 116 cm³/mol. The van der Waals surface area contributed by atoms with Crippen LogP contribution in [0.2, 0.25) is 0 Å². The topological polar surface area (TPSA) is 44.8 Å². The van der Waals surface area contributed by atoms with E-state index in [2.05, 4.69) is 46.1 Å². The minimum Gasteiger partial charge on any atom is -0.442 e. The van der Waals surface area contributed by atoms with E-state index in [0.29, 0.717) is 11.5 Å². The van der Waals surface area contributed by atoms with Gasteiger partial charge in [-0.1, -0.05) is 52.5 Å². The normalized spacial score (nSPS) is 30.6. The van der Waals surface area contributed by atoms with Crippen molar-refractivity contribution in [3.8, 4) is 11.8 Å². The molecule has 0 N–H and O–H groups in total. The molecular formula is C25H40O4. The first kappa shape index (κ1) is 24.0. The molecule has 2 saturated carbocycles. The Kier molecular flexibility index (Phi) is 6.40. The van der Waals surface area contributed by atoms with Crippen LogP contribution in [-0.4, -0.2) is 22.8 Å². The Balaban J connectivity index is 2.34. The van der Waals surface area contributed by atoms with Gasteiger partial charge >= 0.3 is 5.97 Å². The number of hydrogen-bond donors (Lipinski definition) is 0. The number of carbonyl (C=O) groups is 1. The van der Waals surface area contributed by atoms with Gasteiger partial charge in [-0.25, -0.2) is 14.6 Å². The molecule has 0 aromatic rings. The molecule has 0 aromatic carbocycles. The van der Waals surface area contributed by atoms with Crippen LogP contribution in [0.3, 0.4) is 0 Å². The monoisotopic (exact) mass is 404 g/mol. The van der Waals surface area contributed by atoms with Crippen LogP contribution in [0.15, 0.2) is 12.2 Å². The minimum absolute atomic E-state index is 0.0433. The number of rotatable bonds is 7. The second kappa shape index (κ2) is 7.75. The van der Waals surface area contributed by atoms with E-state index < -0.39 is 11.2 Å². The number of ether oxygens (including phenoxy) is 1. The average Bonchev–Trinajstić information content (AvgIpc) is 2.91. The van der Waals surface area contributed by atoms with Gasteiger partial charge in [0.25, 0.3) is 0 Å². The van der Waals surface area contributed by atoms with Gasteiger partial charge in [0.15, 0.2) is 11.2 Å². The van der Waals surface area contributed by atoms with E-state index >= 15 is 0 Å². The zero-order chi connectivity index (χ0) is 22.3. The van der Waals surface area contributed by atoms with Gasteiger partial charge in [0.1, 0.15) is 0 Å². The van der Waals surface area contributed by atoms with Crippen molar-refractivity contribution in [2.45, 2.75) is 111 Å². The number of carbonyl (C=O) groups excluding carboxylic acids is 1. The lowest BCUT2D eigenvalue weighted by atomic mass is 9.64. The van der Waals surface area contributed by atoms with Gasteiger partial charge in [-0.05, 0) is 65.2 Å². The smallest absolute Gasteiger partial charge is 0.334 e. The number of hydrogen-bond acceptors (Lipinski definition) is 4. The first-order valence-electron chi connectivity index (χ1n) is 10.9. The van der Waals surface area contributed by atoms with Gasteiger partial charge in [-0.3, -0.25) is 0 Å². The molecule has 4 heteroatoms. The Morgan fingerprint density at radius 1 is 1.17 bits per heavy atom. The van der Waals surface area contributed by atoms with Crippen LogP contribution >= 0.6 is 0 Å². The molecule has 0 amide bonds. The van der Waals surface area contributed by atoms with Crippen LogP contribution in [-0.2, 0) is 19.3 Å². The maximum atomic E-state index is 12.5. The highest BCUT2D eigenvalue weighted by Crippen LogP contribution is 2.70. The molecule has 164 valence electrons. The van der Waals surface area contributed by atoms with Crippen LogP contribution in [0.25, 0.3) is 0 Å². The van der Waals surface area contributed by atoms with Crippen molar-refractivity contribution in [1.82, 2.24) is 0 Å². The standard InChI is InChI=1S/C25H40O4/c1-11-13-21(4,5)28-29-22(6,7)15-16-25(27-20(26)18(2)3)17-19-12-14-24(25,10)23(19,8)9/h19H,2,11-14,17H2,1,3-10H3/t19-,24+,25+/m0/s1. The first-order chi connectivity index (χ1) is 13.1. The highest BCUT2D eigenvalue weighted by Gasteiger charge is 2.70. The van der Waals surface area contributed by atoms with Gasteiger partial charge in [-0.15, -0.1) is 0 Å². The summed E-state index contributed by atoms with van der Waals surface area (Å²) in [6.45, 7) is 22.1. The van der Waals surface area contributed by atoms with Gasteiger partial charge in [0.05, 0.1) is 5.60 Å². The largest absolute Gasteiger partial charge is 0.442 e. The second-order valence-corrected chi connectivity index (χ2v) is 10.9. The first-order valence-corrected chi connectivity index (χ1v) is 10.9. The lowest BCUT2D eigenvalue weighted by Gasteiger charge is -2.44. The fraction of sp³-hybridized carbons (Fsp3) is 0.800. The molecule has 2 bridgehead atoms. The summed E-state index contributed by atoms with van der Waals surface area (Å²) in [7, 11) is 0. The molecule has 0 radical (unpaired) electrons. The van der Waals surface area contributed by atoms with Gasteiger partial charge < -0.3 is 4.74 Å². The van der Waals surface area contributed by atoms with Crippen LogP contribution in [0, 0.1) is 28.6 Å². The third-order valence-electron chi connectivity index (χ3n) is 7.37. The zero-order valence-electron chi connectivity index (χ0n) is 20.0. The number of fused-ring (bicyclic) bond motifs is 2. The third kappa shape index (κ3) is 4.42. The maximum absolute atomic E-state index is 12.5. The highest BCUT2D eigenvalue weighted by molar-refractivity contribution is 5.87. The van der Waals surface area contributed by atoms with Crippen molar-refractivity contribution in [3.05, 3.63) is 12.2 Å². The van der Waals surface area contributed by atoms with Gasteiger partial charge in [0, 0.05) is 17.4 Å².